The highest BCUT2D eigenvalue weighted by Gasteiger charge is 2.23. The van der Waals surface area contributed by atoms with Crippen molar-refractivity contribution in [2.24, 2.45) is 0 Å². The Morgan fingerprint density at radius 3 is 3.08 bits per heavy atom. The summed E-state index contributed by atoms with van der Waals surface area (Å²) < 4.78 is 10.7. The van der Waals surface area contributed by atoms with Crippen LogP contribution in [0.15, 0.2) is 12.1 Å². The van der Waals surface area contributed by atoms with Crippen LogP contribution in [-0.2, 0) is 4.74 Å². The predicted octanol–water partition coefficient (Wildman–Crippen LogP) is 1.88. The number of rotatable bonds is 3. The number of epoxide rings is 1. The van der Waals surface area contributed by atoms with Crippen molar-refractivity contribution < 1.29 is 9.47 Å². The number of ether oxygens (including phenoxy) is 2. The first-order valence-electron chi connectivity index (χ1n) is 4.49. The van der Waals surface area contributed by atoms with Gasteiger partial charge in [-0.25, -0.2) is 0 Å². The molecular formula is C11H13O2. The maximum absolute atomic E-state index is 5.60. The molecule has 1 aromatic rings. The standard InChI is InChI=1S/C11H13O2/c1-8-3-4-9(2)11(5-8)13-7-10-6-12-10/h4-5,10H,6-7H2,1-2H3. The molecule has 0 bridgehead atoms. The van der Waals surface area contributed by atoms with Crippen LogP contribution in [0.5, 0.6) is 5.75 Å². The number of benzene rings is 1. The third kappa shape index (κ3) is 2.22. The molecule has 0 aromatic heterocycles. The highest BCUT2D eigenvalue weighted by atomic mass is 16.6. The van der Waals surface area contributed by atoms with Crippen molar-refractivity contribution in [3.63, 3.8) is 0 Å². The monoisotopic (exact) mass is 177 g/mol. The number of aryl methyl sites for hydroxylation is 2. The van der Waals surface area contributed by atoms with Crippen molar-refractivity contribution in [1.82, 2.24) is 0 Å². The molecule has 1 heterocycles. The van der Waals surface area contributed by atoms with Crippen molar-refractivity contribution in [1.29, 1.82) is 0 Å². The average molecular weight is 177 g/mol. The molecule has 1 aliphatic heterocycles. The van der Waals surface area contributed by atoms with Crippen molar-refractivity contribution >= 4 is 0 Å². The second kappa shape index (κ2) is 3.38. The molecule has 1 radical (unpaired) electrons. The fraction of sp³-hybridized carbons (Fsp3) is 0.455. The summed E-state index contributed by atoms with van der Waals surface area (Å²) in [6, 6.07) is 7.10. The lowest BCUT2D eigenvalue weighted by molar-refractivity contribution is 0.261. The Morgan fingerprint density at radius 2 is 2.38 bits per heavy atom. The fourth-order valence-electron chi connectivity index (χ4n) is 1.15. The van der Waals surface area contributed by atoms with Crippen molar-refractivity contribution in [2.45, 2.75) is 20.0 Å². The van der Waals surface area contributed by atoms with Crippen LogP contribution >= 0.6 is 0 Å². The zero-order valence-electron chi connectivity index (χ0n) is 7.96. The SMILES string of the molecule is Cc1[c]cc(C)c(OCC2CO2)c1. The molecule has 1 unspecified atom stereocenters. The van der Waals surface area contributed by atoms with Crippen LogP contribution in [0, 0.1) is 19.9 Å². The number of hydrogen-bond donors (Lipinski definition) is 0. The van der Waals surface area contributed by atoms with Gasteiger partial charge in [0.05, 0.1) is 6.61 Å². The zero-order valence-corrected chi connectivity index (χ0v) is 7.96. The summed E-state index contributed by atoms with van der Waals surface area (Å²) in [6.07, 6.45) is 0.323. The van der Waals surface area contributed by atoms with Gasteiger partial charge in [0.15, 0.2) is 0 Å². The molecule has 1 saturated heterocycles. The van der Waals surface area contributed by atoms with Crippen LogP contribution in [-0.4, -0.2) is 19.3 Å². The lowest BCUT2D eigenvalue weighted by atomic mass is 10.1. The molecule has 1 aromatic carbocycles. The minimum absolute atomic E-state index is 0.323. The Balaban J connectivity index is 2.03. The molecule has 0 amide bonds. The molecule has 0 aliphatic carbocycles. The molecular weight excluding hydrogens is 164 g/mol. The van der Waals surface area contributed by atoms with Gasteiger partial charge in [0.25, 0.3) is 0 Å². The second-order valence-corrected chi connectivity index (χ2v) is 3.43. The van der Waals surface area contributed by atoms with Crippen molar-refractivity contribution in [2.75, 3.05) is 13.2 Å². The van der Waals surface area contributed by atoms with Crippen molar-refractivity contribution in [3.8, 4) is 5.75 Å². The van der Waals surface area contributed by atoms with Gasteiger partial charge in [-0.1, -0.05) is 0 Å². The van der Waals surface area contributed by atoms with Crippen LogP contribution < -0.4 is 4.74 Å². The van der Waals surface area contributed by atoms with E-state index in [0.717, 1.165) is 23.5 Å². The molecule has 0 spiro atoms. The molecule has 1 aliphatic rings. The summed E-state index contributed by atoms with van der Waals surface area (Å²) >= 11 is 0. The Bertz CT molecular complexity index is 303. The molecule has 1 fully saturated rings. The molecule has 2 nitrogen and oxygen atoms in total. The molecule has 2 heteroatoms. The van der Waals surface area contributed by atoms with Crippen molar-refractivity contribution in [3.05, 3.63) is 29.3 Å². The summed E-state index contributed by atoms with van der Waals surface area (Å²) in [5, 5.41) is 0. The lowest BCUT2D eigenvalue weighted by Crippen LogP contribution is -2.05. The Kier molecular flexibility index (Phi) is 2.23. The summed E-state index contributed by atoms with van der Waals surface area (Å²) in [5.41, 5.74) is 2.24. The van der Waals surface area contributed by atoms with Gasteiger partial charge < -0.3 is 9.47 Å². The highest BCUT2D eigenvalue weighted by Crippen LogP contribution is 2.20. The van der Waals surface area contributed by atoms with E-state index in [4.69, 9.17) is 9.47 Å². The van der Waals surface area contributed by atoms with E-state index in [0.29, 0.717) is 12.7 Å². The summed E-state index contributed by atoms with van der Waals surface area (Å²) in [6.45, 7) is 5.56. The maximum atomic E-state index is 5.60. The largest absolute Gasteiger partial charge is 0.491 e. The molecule has 13 heavy (non-hydrogen) atoms. The summed E-state index contributed by atoms with van der Waals surface area (Å²) in [7, 11) is 0. The molecule has 1 atom stereocenters. The predicted molar refractivity (Wildman–Crippen MR) is 50.0 cm³/mol. The van der Waals surface area contributed by atoms with Crippen LogP contribution in [0.4, 0.5) is 0 Å². The van der Waals surface area contributed by atoms with E-state index in [1.165, 1.54) is 0 Å². The van der Waals surface area contributed by atoms with Gasteiger partial charge in [0.2, 0.25) is 0 Å². The first-order valence-corrected chi connectivity index (χ1v) is 4.49. The van der Waals surface area contributed by atoms with E-state index in [1.807, 2.05) is 26.0 Å². The van der Waals surface area contributed by atoms with E-state index in [1.54, 1.807) is 0 Å². The van der Waals surface area contributed by atoms with Crippen LogP contribution in [0.1, 0.15) is 11.1 Å². The number of hydrogen-bond acceptors (Lipinski definition) is 2. The summed E-state index contributed by atoms with van der Waals surface area (Å²) in [4.78, 5) is 0. The Hall–Kier alpha value is -1.02. The molecule has 69 valence electrons. The van der Waals surface area contributed by atoms with Gasteiger partial charge in [-0.05, 0) is 43.2 Å². The van der Waals surface area contributed by atoms with Crippen LogP contribution in [0.2, 0.25) is 0 Å². The second-order valence-electron chi connectivity index (χ2n) is 3.43. The van der Waals surface area contributed by atoms with Crippen LogP contribution in [0.3, 0.4) is 0 Å². The van der Waals surface area contributed by atoms with E-state index in [2.05, 4.69) is 6.07 Å². The minimum atomic E-state index is 0.323. The average Bonchev–Trinajstić information content (AvgIpc) is 2.90. The van der Waals surface area contributed by atoms with E-state index in [9.17, 15) is 0 Å². The topological polar surface area (TPSA) is 21.8 Å². The van der Waals surface area contributed by atoms with Gasteiger partial charge in [-0.2, -0.15) is 0 Å². The first-order chi connectivity index (χ1) is 6.25. The highest BCUT2D eigenvalue weighted by molar-refractivity contribution is 5.35. The normalized spacial score (nSPS) is 20.0. The van der Waals surface area contributed by atoms with Gasteiger partial charge in [-0.3, -0.25) is 0 Å². The van der Waals surface area contributed by atoms with Gasteiger partial charge in [-0.15, -0.1) is 0 Å². The fourth-order valence-corrected chi connectivity index (χ4v) is 1.15. The quantitative estimate of drug-likeness (QED) is 0.657. The minimum Gasteiger partial charge on any atom is -0.491 e. The molecule has 2 rings (SSSR count). The maximum Gasteiger partial charge on any atom is 0.122 e. The van der Waals surface area contributed by atoms with E-state index >= 15 is 0 Å². The third-order valence-corrected chi connectivity index (χ3v) is 2.08. The lowest BCUT2D eigenvalue weighted by Gasteiger charge is -2.07. The van der Waals surface area contributed by atoms with Gasteiger partial charge >= 0.3 is 0 Å². The smallest absolute Gasteiger partial charge is 0.122 e. The summed E-state index contributed by atoms with van der Waals surface area (Å²) in [5.74, 6) is 0.951. The zero-order chi connectivity index (χ0) is 9.26. The first kappa shape index (κ1) is 8.57. The van der Waals surface area contributed by atoms with Crippen LogP contribution in [0.25, 0.3) is 0 Å². The molecule has 0 saturated carbocycles. The Labute approximate surface area is 78.5 Å². The van der Waals surface area contributed by atoms with Gasteiger partial charge in [0.1, 0.15) is 18.5 Å². The van der Waals surface area contributed by atoms with E-state index in [-0.39, 0.29) is 0 Å². The van der Waals surface area contributed by atoms with E-state index < -0.39 is 0 Å². The van der Waals surface area contributed by atoms with Gasteiger partial charge in [0, 0.05) is 0 Å². The third-order valence-electron chi connectivity index (χ3n) is 2.08. The molecule has 0 N–H and O–H groups in total. The Morgan fingerprint density at radius 1 is 1.62 bits per heavy atom.